The zero-order valence-electron chi connectivity index (χ0n) is 18.9. The summed E-state index contributed by atoms with van der Waals surface area (Å²) in [6, 6.07) is 9.03. The predicted molar refractivity (Wildman–Crippen MR) is 133 cm³/mol. The van der Waals surface area contributed by atoms with E-state index in [2.05, 4.69) is 26.0 Å². The third-order valence-electron chi connectivity index (χ3n) is 5.89. The molecule has 0 saturated heterocycles. The first-order valence-electron chi connectivity index (χ1n) is 11.0. The molecule has 0 bridgehead atoms. The van der Waals surface area contributed by atoms with Crippen molar-refractivity contribution in [3.05, 3.63) is 52.9 Å². The third kappa shape index (κ3) is 4.45. The average Bonchev–Trinajstić information content (AvgIpc) is 3.24. The maximum absolute atomic E-state index is 11.8. The van der Waals surface area contributed by atoms with Crippen molar-refractivity contribution in [2.24, 2.45) is 0 Å². The van der Waals surface area contributed by atoms with Gasteiger partial charge in [-0.15, -0.1) is 0 Å². The van der Waals surface area contributed by atoms with Crippen molar-refractivity contribution >= 4 is 50.2 Å². The highest BCUT2D eigenvalue weighted by molar-refractivity contribution is 9.10. The van der Waals surface area contributed by atoms with Gasteiger partial charge < -0.3 is 15.7 Å². The van der Waals surface area contributed by atoms with Gasteiger partial charge in [0.2, 0.25) is 5.91 Å². The summed E-state index contributed by atoms with van der Waals surface area (Å²) in [7, 11) is 0. The molecule has 1 atom stereocenters. The number of nitrogens with zero attached hydrogens (tertiary/aromatic N) is 5. The van der Waals surface area contributed by atoms with Crippen molar-refractivity contribution < 1.29 is 14.7 Å². The number of pyridine rings is 1. The molecule has 0 spiro atoms. The number of aromatic nitrogens is 4. The Hall–Kier alpha value is -3.53. The first kappa shape index (κ1) is 23.6. The van der Waals surface area contributed by atoms with Crippen LogP contribution in [-0.4, -0.2) is 54.1 Å². The predicted octanol–water partition coefficient (Wildman–Crippen LogP) is 3.93. The van der Waals surface area contributed by atoms with E-state index in [9.17, 15) is 14.7 Å². The Kier molecular flexibility index (Phi) is 6.78. The molecule has 10 heteroatoms. The summed E-state index contributed by atoms with van der Waals surface area (Å²) in [6.07, 6.45) is 4.82. The number of likely N-dealkylation sites (N-methyl/N-ethyl adjacent to an activating group) is 1. The highest BCUT2D eigenvalue weighted by Crippen LogP contribution is 2.31. The Balaban J connectivity index is 1.64. The molecule has 0 aliphatic heterocycles. The topological polar surface area (TPSA) is 127 Å². The van der Waals surface area contributed by atoms with E-state index in [1.165, 1.54) is 11.8 Å². The molecule has 4 rings (SSSR count). The fourth-order valence-corrected chi connectivity index (χ4v) is 4.62. The lowest BCUT2D eigenvalue weighted by Crippen LogP contribution is -2.44. The number of carbonyl (C=O) groups excluding carboxylic acids is 1. The van der Waals surface area contributed by atoms with Gasteiger partial charge in [-0.2, -0.15) is 9.61 Å². The molecule has 1 aromatic carbocycles. The molecule has 1 amide bonds. The first-order valence-corrected chi connectivity index (χ1v) is 11.8. The van der Waals surface area contributed by atoms with Gasteiger partial charge in [0.1, 0.15) is 11.9 Å². The van der Waals surface area contributed by atoms with Gasteiger partial charge in [0.15, 0.2) is 5.65 Å². The minimum Gasteiger partial charge on any atom is -0.480 e. The van der Waals surface area contributed by atoms with Gasteiger partial charge in [-0.05, 0) is 54.2 Å². The Morgan fingerprint density at radius 1 is 1.26 bits per heavy atom. The lowest BCUT2D eigenvalue weighted by molar-refractivity contribution is -0.149. The maximum atomic E-state index is 11.8. The van der Waals surface area contributed by atoms with Crippen LogP contribution in [-0.2, 0) is 16.0 Å². The molecule has 0 radical (unpaired) electrons. The number of para-hydroxylation sites is 1. The van der Waals surface area contributed by atoms with Crippen LogP contribution in [0.25, 0.3) is 27.7 Å². The molecule has 3 N–H and O–H groups in total. The molecule has 9 nitrogen and oxygen atoms in total. The molecular weight excluding hydrogens is 500 g/mol. The summed E-state index contributed by atoms with van der Waals surface area (Å²) >= 11 is 3.52. The van der Waals surface area contributed by atoms with E-state index in [-0.39, 0.29) is 5.91 Å². The van der Waals surface area contributed by atoms with E-state index in [1.54, 1.807) is 23.8 Å². The van der Waals surface area contributed by atoms with Gasteiger partial charge in [0.25, 0.3) is 0 Å². The lowest BCUT2D eigenvalue weighted by atomic mass is 10.1. The minimum atomic E-state index is -1.01. The molecule has 0 aliphatic rings. The number of aryl methyl sites for hydroxylation is 1. The molecule has 3 heterocycles. The number of carboxylic acids is 1. The zero-order chi connectivity index (χ0) is 24.4. The number of benzene rings is 1. The molecule has 1 unspecified atom stereocenters. The maximum Gasteiger partial charge on any atom is 0.326 e. The number of rotatable bonds is 8. The van der Waals surface area contributed by atoms with Gasteiger partial charge in [0, 0.05) is 36.2 Å². The second kappa shape index (κ2) is 9.76. The van der Waals surface area contributed by atoms with Crippen molar-refractivity contribution in [2.75, 3.05) is 12.3 Å². The van der Waals surface area contributed by atoms with Gasteiger partial charge >= 0.3 is 5.97 Å². The average molecular weight is 525 g/mol. The monoisotopic (exact) mass is 524 g/mol. The molecule has 34 heavy (non-hydrogen) atoms. The third-order valence-corrected chi connectivity index (χ3v) is 6.75. The molecule has 176 valence electrons. The summed E-state index contributed by atoms with van der Waals surface area (Å²) < 4.78 is 2.20. The number of nitrogens with two attached hydrogens (primary N) is 1. The van der Waals surface area contributed by atoms with E-state index in [0.29, 0.717) is 47.4 Å². The standard InChI is InChI=1S/C24H25BrN6O3/c1-3-30(14(2)32)20(24(33)34)10-6-9-19-21(25)22(26)31-23(29-19)17(13-28-31)16-11-15-7-4-5-8-18(15)27-12-16/h4-5,7-8,11-13,20H,3,6,9-10,26H2,1-2H3,(H,33,34). The second-order valence-electron chi connectivity index (χ2n) is 8.02. The zero-order valence-corrected chi connectivity index (χ0v) is 20.5. The number of halogens is 1. The van der Waals surface area contributed by atoms with Crippen molar-refractivity contribution in [1.82, 2.24) is 24.5 Å². The van der Waals surface area contributed by atoms with Crippen LogP contribution in [0.4, 0.5) is 5.82 Å². The second-order valence-corrected chi connectivity index (χ2v) is 8.81. The van der Waals surface area contributed by atoms with Crippen LogP contribution >= 0.6 is 15.9 Å². The van der Waals surface area contributed by atoms with Crippen LogP contribution < -0.4 is 5.73 Å². The van der Waals surface area contributed by atoms with Crippen LogP contribution in [0, 0.1) is 0 Å². The number of hydrogen-bond donors (Lipinski definition) is 2. The number of carbonyl (C=O) groups is 2. The van der Waals surface area contributed by atoms with E-state index < -0.39 is 12.0 Å². The van der Waals surface area contributed by atoms with Gasteiger partial charge in [0.05, 0.1) is 21.9 Å². The molecule has 0 saturated carbocycles. The fourth-order valence-electron chi connectivity index (χ4n) is 4.17. The molecule has 0 aliphatic carbocycles. The number of anilines is 1. The van der Waals surface area contributed by atoms with E-state index in [0.717, 1.165) is 22.0 Å². The Bertz CT molecular complexity index is 1390. The molecule has 4 aromatic rings. The highest BCUT2D eigenvalue weighted by atomic mass is 79.9. The Morgan fingerprint density at radius 3 is 2.74 bits per heavy atom. The number of fused-ring (bicyclic) bond motifs is 2. The van der Waals surface area contributed by atoms with E-state index in [4.69, 9.17) is 10.7 Å². The van der Waals surface area contributed by atoms with Gasteiger partial charge in [-0.3, -0.25) is 9.78 Å². The van der Waals surface area contributed by atoms with Gasteiger partial charge in [-0.25, -0.2) is 9.78 Å². The molecule has 3 aromatic heterocycles. The summed E-state index contributed by atoms with van der Waals surface area (Å²) in [6.45, 7) is 3.49. The first-order chi connectivity index (χ1) is 16.3. The highest BCUT2D eigenvalue weighted by Gasteiger charge is 2.26. The number of hydrogen-bond acceptors (Lipinski definition) is 6. The fraction of sp³-hybridized carbons (Fsp3) is 0.292. The summed E-state index contributed by atoms with van der Waals surface area (Å²) in [5.41, 5.74) is 10.2. The van der Waals surface area contributed by atoms with Crippen LogP contribution in [0.2, 0.25) is 0 Å². The minimum absolute atomic E-state index is 0.257. The van der Waals surface area contributed by atoms with Crippen LogP contribution in [0.5, 0.6) is 0 Å². The van der Waals surface area contributed by atoms with Crippen LogP contribution in [0.1, 0.15) is 32.4 Å². The Labute approximate surface area is 204 Å². The Morgan fingerprint density at radius 2 is 2.03 bits per heavy atom. The summed E-state index contributed by atoms with van der Waals surface area (Å²) in [5, 5.41) is 15.0. The van der Waals surface area contributed by atoms with E-state index in [1.807, 2.05) is 30.3 Å². The normalized spacial score (nSPS) is 12.2. The quantitative estimate of drug-likeness (QED) is 0.357. The smallest absolute Gasteiger partial charge is 0.326 e. The number of nitrogen functional groups attached to an aromatic ring is 1. The van der Waals surface area contributed by atoms with Crippen molar-refractivity contribution in [3.8, 4) is 11.1 Å². The molecular formula is C24H25BrN6O3. The number of amides is 1. The van der Waals surface area contributed by atoms with Crippen molar-refractivity contribution in [1.29, 1.82) is 0 Å². The number of aliphatic carboxylic acids is 1. The SMILES string of the molecule is CCN(C(C)=O)C(CCCc1nc2c(-c3cnc4ccccc4c3)cnn2c(N)c1Br)C(=O)O. The molecule has 0 fully saturated rings. The summed E-state index contributed by atoms with van der Waals surface area (Å²) in [5.74, 6) is -0.859. The van der Waals surface area contributed by atoms with Crippen LogP contribution in [0.15, 0.2) is 47.2 Å². The van der Waals surface area contributed by atoms with Crippen molar-refractivity contribution in [3.63, 3.8) is 0 Å². The lowest BCUT2D eigenvalue weighted by Gasteiger charge is -2.26. The van der Waals surface area contributed by atoms with Crippen LogP contribution in [0.3, 0.4) is 0 Å². The largest absolute Gasteiger partial charge is 0.480 e. The van der Waals surface area contributed by atoms with Gasteiger partial charge in [-0.1, -0.05) is 18.2 Å². The van der Waals surface area contributed by atoms with E-state index >= 15 is 0 Å². The van der Waals surface area contributed by atoms with Crippen molar-refractivity contribution in [2.45, 2.75) is 39.2 Å². The number of carboxylic acid groups (broad SMARTS) is 1. The summed E-state index contributed by atoms with van der Waals surface area (Å²) in [4.78, 5) is 34.3.